The molecule has 1 N–H and O–H groups in total. The molecule has 0 aliphatic heterocycles. The Hall–Kier alpha value is -2.64. The molecular formula is C15H20N6O2. The number of rotatable bonds is 6. The summed E-state index contributed by atoms with van der Waals surface area (Å²) in [7, 11) is 0. The topological polar surface area (TPSA) is 90.4 Å². The van der Waals surface area contributed by atoms with Crippen molar-refractivity contribution in [2.45, 2.75) is 34.1 Å². The van der Waals surface area contributed by atoms with E-state index < -0.39 is 0 Å². The predicted molar refractivity (Wildman–Crippen MR) is 84.9 cm³/mol. The first-order valence-electron chi connectivity index (χ1n) is 7.61. The molecule has 3 aromatic rings. The van der Waals surface area contributed by atoms with Crippen molar-refractivity contribution < 1.29 is 9.37 Å². The van der Waals surface area contributed by atoms with E-state index in [2.05, 4.69) is 37.3 Å². The summed E-state index contributed by atoms with van der Waals surface area (Å²) in [6, 6.07) is 2.02. The van der Waals surface area contributed by atoms with Crippen LogP contribution in [0.3, 0.4) is 0 Å². The van der Waals surface area contributed by atoms with Crippen molar-refractivity contribution in [3.8, 4) is 5.88 Å². The lowest BCUT2D eigenvalue weighted by atomic mass is 10.2. The molecule has 0 aromatic carbocycles. The Morgan fingerprint density at radius 2 is 2.04 bits per heavy atom. The molecule has 8 heteroatoms. The third-order valence-corrected chi connectivity index (χ3v) is 3.73. The van der Waals surface area contributed by atoms with Gasteiger partial charge in [0.25, 0.3) is 5.88 Å². The molecular weight excluding hydrogens is 296 g/mol. The molecule has 0 aliphatic carbocycles. The zero-order valence-electron chi connectivity index (χ0n) is 13.8. The Balaban J connectivity index is 1.74. The highest BCUT2D eigenvalue weighted by atomic mass is 16.6. The SMILES string of the molecule is CCc1cc(NCCOc2nonc2C)n2nc(C)c(C)c2n1. The molecule has 3 rings (SSSR count). The summed E-state index contributed by atoms with van der Waals surface area (Å²) in [5.41, 5.74) is 4.64. The molecule has 0 spiro atoms. The third kappa shape index (κ3) is 2.96. The minimum atomic E-state index is 0.423. The summed E-state index contributed by atoms with van der Waals surface area (Å²) in [6.07, 6.45) is 0.870. The molecule has 122 valence electrons. The highest BCUT2D eigenvalue weighted by Gasteiger charge is 2.12. The van der Waals surface area contributed by atoms with Crippen LogP contribution in [-0.2, 0) is 6.42 Å². The Labute approximate surface area is 133 Å². The summed E-state index contributed by atoms with van der Waals surface area (Å²) >= 11 is 0. The first-order valence-corrected chi connectivity index (χ1v) is 7.61. The van der Waals surface area contributed by atoms with Gasteiger partial charge in [0, 0.05) is 17.3 Å². The second kappa shape index (κ2) is 6.23. The summed E-state index contributed by atoms with van der Waals surface area (Å²) < 4.78 is 12.0. The van der Waals surface area contributed by atoms with E-state index in [1.165, 1.54) is 0 Å². The fourth-order valence-corrected chi connectivity index (χ4v) is 2.27. The number of hydrogen-bond donors (Lipinski definition) is 1. The van der Waals surface area contributed by atoms with Crippen LogP contribution in [0.1, 0.15) is 29.6 Å². The van der Waals surface area contributed by atoms with Gasteiger partial charge >= 0.3 is 0 Å². The minimum absolute atomic E-state index is 0.423. The fourth-order valence-electron chi connectivity index (χ4n) is 2.27. The molecule has 23 heavy (non-hydrogen) atoms. The standard InChI is InChI=1S/C15H20N6O2/c1-5-12-8-13(21-14(17-12)9(2)10(3)18-21)16-6-7-22-15-11(4)19-23-20-15/h8,16H,5-7H2,1-4H3. The first kappa shape index (κ1) is 15.3. The molecule has 0 fully saturated rings. The highest BCUT2D eigenvalue weighted by molar-refractivity contribution is 5.56. The molecule has 0 saturated heterocycles. The maximum atomic E-state index is 5.52. The number of ether oxygens (including phenoxy) is 1. The van der Waals surface area contributed by atoms with Crippen LogP contribution < -0.4 is 10.1 Å². The quantitative estimate of drug-likeness (QED) is 0.696. The molecule has 0 atom stereocenters. The zero-order chi connectivity index (χ0) is 16.4. The van der Waals surface area contributed by atoms with Gasteiger partial charge in [0.2, 0.25) is 0 Å². The molecule has 0 aliphatic rings. The predicted octanol–water partition coefficient (Wildman–Crippen LogP) is 2.09. The summed E-state index contributed by atoms with van der Waals surface area (Å²) in [5, 5.41) is 15.3. The monoisotopic (exact) mass is 316 g/mol. The Bertz CT molecular complexity index is 823. The number of anilines is 1. The number of fused-ring (bicyclic) bond motifs is 1. The third-order valence-electron chi connectivity index (χ3n) is 3.73. The largest absolute Gasteiger partial charge is 0.472 e. The van der Waals surface area contributed by atoms with Gasteiger partial charge in [-0.3, -0.25) is 0 Å². The number of nitrogens with zero attached hydrogens (tertiary/aromatic N) is 5. The van der Waals surface area contributed by atoms with Crippen LogP contribution in [0.4, 0.5) is 5.82 Å². The summed E-state index contributed by atoms with van der Waals surface area (Å²) in [6.45, 7) is 8.95. The van der Waals surface area contributed by atoms with Crippen molar-refractivity contribution in [3.05, 3.63) is 28.7 Å². The van der Waals surface area contributed by atoms with E-state index in [1.807, 2.05) is 24.4 Å². The Morgan fingerprint density at radius 3 is 2.74 bits per heavy atom. The van der Waals surface area contributed by atoms with Crippen LogP contribution in [0.15, 0.2) is 10.7 Å². The van der Waals surface area contributed by atoms with Crippen LogP contribution in [-0.4, -0.2) is 38.1 Å². The van der Waals surface area contributed by atoms with Gasteiger partial charge in [0.1, 0.15) is 18.1 Å². The lowest BCUT2D eigenvalue weighted by Crippen LogP contribution is -2.15. The minimum Gasteiger partial charge on any atom is -0.472 e. The fraction of sp³-hybridized carbons (Fsp3) is 0.467. The zero-order valence-corrected chi connectivity index (χ0v) is 13.8. The number of hydrogen-bond acceptors (Lipinski definition) is 7. The summed E-state index contributed by atoms with van der Waals surface area (Å²) in [5.74, 6) is 1.33. The average Bonchev–Trinajstić information content (AvgIpc) is 3.08. The van der Waals surface area contributed by atoms with Crippen LogP contribution in [0.25, 0.3) is 5.65 Å². The number of aromatic nitrogens is 5. The molecule has 0 unspecified atom stereocenters. The van der Waals surface area contributed by atoms with Crippen molar-refractivity contribution in [2.24, 2.45) is 0 Å². The van der Waals surface area contributed by atoms with E-state index >= 15 is 0 Å². The van der Waals surface area contributed by atoms with E-state index in [4.69, 9.17) is 4.74 Å². The lowest BCUT2D eigenvalue weighted by Gasteiger charge is -2.10. The molecule has 3 aromatic heterocycles. The van der Waals surface area contributed by atoms with Crippen molar-refractivity contribution in [3.63, 3.8) is 0 Å². The first-order chi connectivity index (χ1) is 11.1. The highest BCUT2D eigenvalue weighted by Crippen LogP contribution is 2.18. The molecule has 3 heterocycles. The molecule has 8 nitrogen and oxygen atoms in total. The van der Waals surface area contributed by atoms with Crippen LogP contribution in [0.5, 0.6) is 5.88 Å². The van der Waals surface area contributed by atoms with Gasteiger partial charge in [-0.1, -0.05) is 12.1 Å². The molecule has 0 bridgehead atoms. The van der Waals surface area contributed by atoms with Gasteiger partial charge in [-0.05, 0) is 32.3 Å². The number of aryl methyl sites for hydroxylation is 4. The molecule has 0 amide bonds. The van der Waals surface area contributed by atoms with Gasteiger partial charge < -0.3 is 10.1 Å². The van der Waals surface area contributed by atoms with E-state index in [9.17, 15) is 0 Å². The van der Waals surface area contributed by atoms with Gasteiger partial charge in [-0.25, -0.2) is 9.61 Å². The van der Waals surface area contributed by atoms with Crippen molar-refractivity contribution >= 4 is 11.5 Å². The van der Waals surface area contributed by atoms with E-state index in [-0.39, 0.29) is 0 Å². The lowest BCUT2D eigenvalue weighted by molar-refractivity contribution is 0.261. The van der Waals surface area contributed by atoms with Gasteiger partial charge in [0.05, 0.1) is 12.2 Å². The molecule has 0 saturated carbocycles. The Kier molecular flexibility index (Phi) is 4.14. The van der Waals surface area contributed by atoms with Crippen LogP contribution in [0.2, 0.25) is 0 Å². The van der Waals surface area contributed by atoms with E-state index in [0.29, 0.717) is 24.7 Å². The average molecular weight is 316 g/mol. The van der Waals surface area contributed by atoms with Crippen molar-refractivity contribution in [2.75, 3.05) is 18.5 Å². The molecule has 0 radical (unpaired) electrons. The van der Waals surface area contributed by atoms with Crippen molar-refractivity contribution in [1.82, 2.24) is 24.9 Å². The Morgan fingerprint density at radius 1 is 1.22 bits per heavy atom. The van der Waals surface area contributed by atoms with Crippen LogP contribution in [0, 0.1) is 20.8 Å². The van der Waals surface area contributed by atoms with E-state index in [0.717, 1.165) is 34.8 Å². The maximum absolute atomic E-state index is 5.52. The maximum Gasteiger partial charge on any atom is 0.278 e. The second-order valence-corrected chi connectivity index (χ2v) is 5.36. The second-order valence-electron chi connectivity index (χ2n) is 5.36. The van der Waals surface area contributed by atoms with Gasteiger partial charge in [-0.2, -0.15) is 9.61 Å². The van der Waals surface area contributed by atoms with Crippen molar-refractivity contribution in [1.29, 1.82) is 0 Å². The van der Waals surface area contributed by atoms with Crippen LogP contribution >= 0.6 is 0 Å². The van der Waals surface area contributed by atoms with E-state index in [1.54, 1.807) is 6.92 Å². The summed E-state index contributed by atoms with van der Waals surface area (Å²) in [4.78, 5) is 4.65. The van der Waals surface area contributed by atoms with Gasteiger partial charge in [-0.15, -0.1) is 0 Å². The smallest absolute Gasteiger partial charge is 0.278 e. The normalized spacial score (nSPS) is 11.1. The number of nitrogens with one attached hydrogen (secondary N) is 1. The van der Waals surface area contributed by atoms with Gasteiger partial charge in [0.15, 0.2) is 5.65 Å².